The van der Waals surface area contributed by atoms with Gasteiger partial charge in [0.1, 0.15) is 24.7 Å². The van der Waals surface area contributed by atoms with E-state index in [1.807, 2.05) is 13.0 Å². The predicted molar refractivity (Wildman–Crippen MR) is 149 cm³/mol. The van der Waals surface area contributed by atoms with E-state index in [1.54, 1.807) is 48.5 Å². The number of nitrogens with zero attached hydrogens (tertiary/aromatic N) is 2. The molecule has 1 fully saturated rings. The summed E-state index contributed by atoms with van der Waals surface area (Å²) in [5, 5.41) is 12.3. The molecule has 4 aromatic rings. The first-order chi connectivity index (χ1) is 18.9. The molecule has 1 amide bonds. The van der Waals surface area contributed by atoms with Gasteiger partial charge in [0.05, 0.1) is 38.5 Å². The van der Waals surface area contributed by atoms with E-state index < -0.39 is 17.7 Å². The molecule has 0 spiro atoms. The molecule has 0 bridgehead atoms. The Bertz CT molecular complexity index is 1680. The Morgan fingerprint density at radius 2 is 1.85 bits per heavy atom. The number of halogens is 2. The first kappa shape index (κ1) is 25.5. The summed E-state index contributed by atoms with van der Waals surface area (Å²) >= 11 is 13.7. The van der Waals surface area contributed by atoms with Gasteiger partial charge in [-0.15, -0.1) is 0 Å². The van der Waals surface area contributed by atoms with E-state index in [4.69, 9.17) is 37.4 Å². The van der Waals surface area contributed by atoms with Crippen LogP contribution in [0.3, 0.4) is 0 Å². The van der Waals surface area contributed by atoms with Gasteiger partial charge in [0.15, 0.2) is 16.6 Å². The van der Waals surface area contributed by atoms with Crippen LogP contribution >= 0.6 is 34.5 Å². The second-order valence-electron chi connectivity index (χ2n) is 8.76. The van der Waals surface area contributed by atoms with Crippen LogP contribution in [0.15, 0.2) is 60.2 Å². The van der Waals surface area contributed by atoms with Gasteiger partial charge < -0.3 is 19.3 Å². The smallest absolute Gasteiger partial charge is 0.301 e. The van der Waals surface area contributed by atoms with E-state index in [9.17, 15) is 14.7 Å². The highest BCUT2D eigenvalue weighted by atomic mass is 35.5. The molecule has 39 heavy (non-hydrogen) atoms. The Labute approximate surface area is 236 Å². The van der Waals surface area contributed by atoms with Crippen LogP contribution in [-0.2, 0) is 9.59 Å². The Balaban J connectivity index is 1.52. The molecule has 3 heterocycles. The Hall–Kier alpha value is -3.79. The fourth-order valence-corrected chi connectivity index (χ4v) is 5.95. The number of ether oxygens (including phenoxy) is 3. The molecule has 1 atom stereocenters. The van der Waals surface area contributed by atoms with Gasteiger partial charge in [-0.3, -0.25) is 14.5 Å². The highest BCUT2D eigenvalue weighted by molar-refractivity contribution is 7.22. The number of amides is 1. The molecule has 1 aromatic heterocycles. The van der Waals surface area contributed by atoms with Crippen LogP contribution < -0.4 is 19.1 Å². The SMILES string of the molecule is CCOc1ccc2nc(N3C(=O)C(=O)C(=C(O)c4ccc5c(c4)OCCO5)[C@@H]3c3ccc(Cl)c(Cl)c3)sc2c1. The third-order valence-electron chi connectivity index (χ3n) is 6.39. The monoisotopic (exact) mass is 582 g/mol. The van der Waals surface area contributed by atoms with Crippen molar-refractivity contribution in [2.24, 2.45) is 0 Å². The minimum atomic E-state index is -1.01. The number of Topliss-reactive ketones (excluding diaryl/α,β-unsaturated/α-hetero) is 1. The van der Waals surface area contributed by atoms with Gasteiger partial charge >= 0.3 is 5.91 Å². The average molecular weight is 583 g/mol. The van der Waals surface area contributed by atoms with E-state index in [0.29, 0.717) is 58.7 Å². The normalized spacial score (nSPS) is 18.1. The molecule has 11 heteroatoms. The van der Waals surface area contributed by atoms with Crippen LogP contribution in [0.2, 0.25) is 10.0 Å². The molecule has 6 rings (SSSR count). The number of aliphatic hydroxyl groups excluding tert-OH is 1. The van der Waals surface area contributed by atoms with Gasteiger partial charge in [0.2, 0.25) is 0 Å². The maximum absolute atomic E-state index is 13.5. The van der Waals surface area contributed by atoms with Crippen LogP contribution in [0.25, 0.3) is 16.0 Å². The quantitative estimate of drug-likeness (QED) is 0.165. The largest absolute Gasteiger partial charge is 0.507 e. The molecule has 2 aliphatic rings. The zero-order chi connectivity index (χ0) is 27.3. The molecule has 0 aliphatic carbocycles. The van der Waals surface area contributed by atoms with E-state index in [0.717, 1.165) is 4.70 Å². The second-order valence-corrected chi connectivity index (χ2v) is 10.6. The van der Waals surface area contributed by atoms with E-state index in [-0.39, 0.29) is 21.5 Å². The summed E-state index contributed by atoms with van der Waals surface area (Å²) in [4.78, 5) is 33.0. The number of aromatic nitrogens is 1. The lowest BCUT2D eigenvalue weighted by Crippen LogP contribution is -2.29. The summed E-state index contributed by atoms with van der Waals surface area (Å²) in [6, 6.07) is 14.1. The molecule has 1 N–H and O–H groups in total. The van der Waals surface area contributed by atoms with Crippen LogP contribution in [-0.4, -0.2) is 41.6 Å². The number of thiazole rings is 1. The van der Waals surface area contributed by atoms with Gasteiger partial charge in [0.25, 0.3) is 5.78 Å². The van der Waals surface area contributed by atoms with Crippen LogP contribution in [0.1, 0.15) is 24.1 Å². The van der Waals surface area contributed by atoms with E-state index >= 15 is 0 Å². The number of ketones is 1. The minimum absolute atomic E-state index is 0.107. The zero-order valence-corrected chi connectivity index (χ0v) is 22.8. The van der Waals surface area contributed by atoms with Crippen molar-refractivity contribution in [1.82, 2.24) is 4.98 Å². The van der Waals surface area contributed by atoms with Gasteiger partial charge in [-0.2, -0.15) is 0 Å². The number of anilines is 1. The van der Waals surface area contributed by atoms with Crippen molar-refractivity contribution in [2.75, 3.05) is 24.7 Å². The summed E-state index contributed by atoms with van der Waals surface area (Å²) < 4.78 is 17.6. The molecule has 0 unspecified atom stereocenters. The molecule has 1 saturated heterocycles. The highest BCUT2D eigenvalue weighted by Crippen LogP contribution is 2.46. The fourth-order valence-electron chi connectivity index (χ4n) is 4.63. The molecule has 0 saturated carbocycles. The van der Waals surface area contributed by atoms with Gasteiger partial charge in [0, 0.05) is 5.56 Å². The highest BCUT2D eigenvalue weighted by Gasteiger charge is 2.48. The van der Waals surface area contributed by atoms with Gasteiger partial charge in [-0.1, -0.05) is 40.6 Å². The number of aliphatic hydroxyl groups is 1. The summed E-state index contributed by atoms with van der Waals surface area (Å²) in [6.07, 6.45) is 0. The Morgan fingerprint density at radius 3 is 2.62 bits per heavy atom. The number of rotatable bonds is 5. The third kappa shape index (κ3) is 4.46. The number of hydrogen-bond donors (Lipinski definition) is 1. The molecule has 2 aliphatic heterocycles. The maximum Gasteiger partial charge on any atom is 0.301 e. The lowest BCUT2D eigenvalue weighted by molar-refractivity contribution is -0.132. The van der Waals surface area contributed by atoms with Crippen LogP contribution in [0, 0.1) is 0 Å². The summed E-state index contributed by atoms with van der Waals surface area (Å²) in [5.41, 5.74) is 1.31. The average Bonchev–Trinajstić information content (AvgIpc) is 3.47. The van der Waals surface area contributed by atoms with Gasteiger partial charge in [-0.25, -0.2) is 4.98 Å². The van der Waals surface area contributed by atoms with Crippen molar-refractivity contribution in [3.63, 3.8) is 0 Å². The topological polar surface area (TPSA) is 98.2 Å². The molecular weight excluding hydrogens is 563 g/mol. The lowest BCUT2D eigenvalue weighted by atomic mass is 9.95. The summed E-state index contributed by atoms with van der Waals surface area (Å²) in [7, 11) is 0. The Morgan fingerprint density at radius 1 is 1.05 bits per heavy atom. The molecule has 3 aromatic carbocycles. The number of carbonyl (C=O) groups excluding carboxylic acids is 2. The van der Waals surface area contributed by atoms with Crippen molar-refractivity contribution >= 4 is 67.3 Å². The lowest BCUT2D eigenvalue weighted by Gasteiger charge is -2.23. The van der Waals surface area contributed by atoms with E-state index in [2.05, 4.69) is 4.98 Å². The summed E-state index contributed by atoms with van der Waals surface area (Å²) in [6.45, 7) is 3.16. The van der Waals surface area contributed by atoms with Crippen molar-refractivity contribution in [3.8, 4) is 17.2 Å². The molecule has 8 nitrogen and oxygen atoms in total. The second kappa shape index (κ2) is 10.1. The van der Waals surface area contributed by atoms with E-state index in [1.165, 1.54) is 16.2 Å². The zero-order valence-electron chi connectivity index (χ0n) is 20.4. The Kier molecular flexibility index (Phi) is 6.58. The molecule has 0 radical (unpaired) electrons. The molecule has 198 valence electrons. The molecular formula is C28H20Cl2N2O6S. The first-order valence-corrected chi connectivity index (χ1v) is 13.6. The number of hydrogen-bond acceptors (Lipinski definition) is 8. The standard InChI is InChI=1S/C28H20Cl2N2O6S/c1-2-36-16-5-7-19-22(13-16)39-28(31-19)32-24(14-3-6-17(29)18(30)11-14)23(26(34)27(32)35)25(33)15-4-8-20-21(12-15)38-10-9-37-20/h3-8,11-13,24,33H,2,9-10H2,1H3/t24-/m0/s1. The predicted octanol–water partition coefficient (Wildman–Crippen LogP) is 6.40. The number of fused-ring (bicyclic) bond motifs is 2. The van der Waals surface area contributed by atoms with Gasteiger partial charge in [-0.05, 0) is 61.0 Å². The first-order valence-electron chi connectivity index (χ1n) is 12.0. The van der Waals surface area contributed by atoms with Crippen LogP contribution in [0.4, 0.5) is 5.13 Å². The minimum Gasteiger partial charge on any atom is -0.507 e. The van der Waals surface area contributed by atoms with Crippen molar-refractivity contribution in [2.45, 2.75) is 13.0 Å². The van der Waals surface area contributed by atoms with Crippen molar-refractivity contribution < 1.29 is 28.9 Å². The van der Waals surface area contributed by atoms with Crippen LogP contribution in [0.5, 0.6) is 17.2 Å². The third-order valence-corrected chi connectivity index (χ3v) is 8.14. The number of carbonyl (C=O) groups is 2. The summed E-state index contributed by atoms with van der Waals surface area (Å²) in [5.74, 6) is -0.408. The number of benzene rings is 3. The van der Waals surface area contributed by atoms with Crippen molar-refractivity contribution in [3.05, 3.63) is 81.3 Å². The van der Waals surface area contributed by atoms with Crippen molar-refractivity contribution in [1.29, 1.82) is 0 Å². The maximum atomic E-state index is 13.5. The fraction of sp³-hybridized carbons (Fsp3) is 0.179.